The number of fused-ring (bicyclic) bond motifs is 2. The van der Waals surface area contributed by atoms with Gasteiger partial charge in [-0.2, -0.15) is 0 Å². The Labute approximate surface area is 188 Å². The highest BCUT2D eigenvalue weighted by Crippen LogP contribution is 2.48. The maximum absolute atomic E-state index is 13.7. The number of quaternary nitrogens is 1. The Morgan fingerprint density at radius 2 is 1.94 bits per heavy atom. The lowest BCUT2D eigenvalue weighted by atomic mass is 9.87. The van der Waals surface area contributed by atoms with Crippen molar-refractivity contribution in [3.63, 3.8) is 0 Å². The highest BCUT2D eigenvalue weighted by molar-refractivity contribution is 5.63. The summed E-state index contributed by atoms with van der Waals surface area (Å²) in [6.07, 6.45) is 0.697. The van der Waals surface area contributed by atoms with Gasteiger partial charge in [-0.15, -0.1) is 0 Å². The molecular weight excluding hydrogens is 430 g/mol. The van der Waals surface area contributed by atoms with E-state index in [-0.39, 0.29) is 18.0 Å². The Morgan fingerprint density at radius 3 is 2.70 bits per heavy atom. The van der Waals surface area contributed by atoms with Crippen molar-refractivity contribution < 1.29 is 29.0 Å². The fourth-order valence-corrected chi connectivity index (χ4v) is 4.73. The topological polar surface area (TPSA) is 119 Å². The van der Waals surface area contributed by atoms with Crippen molar-refractivity contribution >= 4 is 0 Å². The Morgan fingerprint density at radius 1 is 1.15 bits per heavy atom. The Hall–Kier alpha value is -3.92. The molecule has 2 aromatic carbocycles. The Kier molecular flexibility index (Phi) is 5.01. The third kappa shape index (κ3) is 3.13. The summed E-state index contributed by atoms with van der Waals surface area (Å²) in [6.45, 7) is 0.723. The van der Waals surface area contributed by atoms with Gasteiger partial charge in [0.1, 0.15) is 11.8 Å². The third-order valence-electron chi connectivity index (χ3n) is 6.23. The first-order chi connectivity index (χ1) is 16.0. The molecule has 33 heavy (non-hydrogen) atoms. The highest BCUT2D eigenvalue weighted by atomic mass is 16.7. The molecule has 2 aliphatic heterocycles. The normalized spacial score (nSPS) is 18.6. The van der Waals surface area contributed by atoms with Crippen LogP contribution in [-0.4, -0.2) is 44.2 Å². The molecule has 0 radical (unpaired) electrons. The second-order valence-corrected chi connectivity index (χ2v) is 7.98. The lowest BCUT2D eigenvalue weighted by Gasteiger charge is -2.35. The van der Waals surface area contributed by atoms with E-state index in [2.05, 4.69) is 4.98 Å². The predicted molar refractivity (Wildman–Crippen MR) is 115 cm³/mol. The van der Waals surface area contributed by atoms with E-state index in [9.17, 15) is 14.7 Å². The zero-order valence-electron chi connectivity index (χ0n) is 18.4. The molecule has 2 aliphatic rings. The van der Waals surface area contributed by atoms with Gasteiger partial charge >= 0.3 is 5.69 Å². The average molecular weight is 453 g/mol. The summed E-state index contributed by atoms with van der Waals surface area (Å²) in [5.41, 5.74) is 0.214. The molecule has 0 fully saturated rings. The van der Waals surface area contributed by atoms with Crippen LogP contribution >= 0.6 is 0 Å². The van der Waals surface area contributed by atoms with Gasteiger partial charge in [-0.25, -0.2) is 4.79 Å². The van der Waals surface area contributed by atoms with Crippen molar-refractivity contribution in [3.05, 3.63) is 67.9 Å². The SMILES string of the molecule is COc1ccccc1-n1c([O-])c(C2c3c(cc4c(c3OC)OCO4)CC[NH+]2C)c(=O)[nH]c1=O. The van der Waals surface area contributed by atoms with Gasteiger partial charge in [0.15, 0.2) is 11.5 Å². The fraction of sp³-hybridized carbons (Fsp3) is 0.304. The molecule has 0 amide bonds. The maximum Gasteiger partial charge on any atom is 0.332 e. The molecular formula is C23H23N3O7. The Balaban J connectivity index is 1.80. The molecule has 0 aliphatic carbocycles. The molecule has 0 saturated carbocycles. The van der Waals surface area contributed by atoms with E-state index in [0.717, 1.165) is 15.0 Å². The van der Waals surface area contributed by atoms with E-state index in [0.29, 0.717) is 41.5 Å². The van der Waals surface area contributed by atoms with Crippen molar-refractivity contribution in [2.75, 3.05) is 34.6 Å². The number of aromatic amines is 1. The number of H-pyrrole nitrogens is 1. The summed E-state index contributed by atoms with van der Waals surface area (Å²) >= 11 is 0. The van der Waals surface area contributed by atoms with E-state index in [1.165, 1.54) is 14.2 Å². The summed E-state index contributed by atoms with van der Waals surface area (Å²) in [5.74, 6) is 1.07. The number of para-hydroxylation sites is 2. The van der Waals surface area contributed by atoms with Gasteiger partial charge in [-0.05, 0) is 29.6 Å². The second kappa shape index (κ2) is 7.89. The van der Waals surface area contributed by atoms with Crippen LogP contribution in [0, 0.1) is 0 Å². The first kappa shape index (κ1) is 21.0. The Bertz CT molecular complexity index is 1360. The number of hydrogen-bond acceptors (Lipinski definition) is 7. The average Bonchev–Trinajstić information content (AvgIpc) is 3.27. The molecule has 3 heterocycles. The number of nitrogens with zero attached hydrogens (tertiary/aromatic N) is 1. The first-order valence-electron chi connectivity index (χ1n) is 10.5. The minimum Gasteiger partial charge on any atom is -0.859 e. The van der Waals surface area contributed by atoms with E-state index in [4.69, 9.17) is 18.9 Å². The summed E-state index contributed by atoms with van der Waals surface area (Å²) in [7, 11) is 4.86. The van der Waals surface area contributed by atoms with Gasteiger partial charge in [0.25, 0.3) is 5.56 Å². The molecule has 0 bridgehead atoms. The van der Waals surface area contributed by atoms with Gasteiger partial charge in [-0.1, -0.05) is 12.1 Å². The van der Waals surface area contributed by atoms with Gasteiger partial charge in [0.2, 0.25) is 12.5 Å². The number of ether oxygens (including phenoxy) is 4. The molecule has 0 saturated heterocycles. The van der Waals surface area contributed by atoms with E-state index in [1.54, 1.807) is 24.3 Å². The quantitative estimate of drug-likeness (QED) is 0.547. The fourth-order valence-electron chi connectivity index (χ4n) is 4.73. The third-order valence-corrected chi connectivity index (χ3v) is 6.23. The van der Waals surface area contributed by atoms with Crippen LogP contribution in [0.3, 0.4) is 0 Å². The van der Waals surface area contributed by atoms with Crippen molar-refractivity contribution in [1.82, 2.24) is 9.55 Å². The number of nitrogens with one attached hydrogen (secondary N) is 2. The van der Waals surface area contributed by atoms with Crippen LogP contribution in [0.4, 0.5) is 0 Å². The standard InChI is InChI=1S/C23H23N3O7/c1-25-9-8-12-10-15-19(33-11-32-15)20(31-3)16(12)18(25)17-21(27)24-23(29)26(22(17)28)13-6-4-5-7-14(13)30-2/h4-7,10,18,28H,8-9,11H2,1-3H3,(H,24,27,29). The number of hydrogen-bond donors (Lipinski definition) is 2. The monoisotopic (exact) mass is 453 g/mol. The molecule has 10 nitrogen and oxygen atoms in total. The highest BCUT2D eigenvalue weighted by Gasteiger charge is 2.39. The van der Waals surface area contributed by atoms with E-state index >= 15 is 0 Å². The van der Waals surface area contributed by atoms with Crippen LogP contribution < -0.4 is 40.2 Å². The largest absolute Gasteiger partial charge is 0.859 e. The van der Waals surface area contributed by atoms with Gasteiger partial charge in [0.05, 0.1) is 44.6 Å². The van der Waals surface area contributed by atoms with Crippen LogP contribution in [-0.2, 0) is 6.42 Å². The smallest absolute Gasteiger partial charge is 0.332 e. The lowest BCUT2D eigenvalue weighted by molar-refractivity contribution is -0.908. The van der Waals surface area contributed by atoms with E-state index < -0.39 is 23.2 Å². The number of methoxy groups -OCH3 is 2. The van der Waals surface area contributed by atoms with Crippen molar-refractivity contribution in [1.29, 1.82) is 0 Å². The van der Waals surface area contributed by atoms with Crippen LogP contribution in [0.5, 0.6) is 28.9 Å². The van der Waals surface area contributed by atoms with Crippen molar-refractivity contribution in [3.8, 4) is 34.6 Å². The minimum absolute atomic E-state index is 0.0591. The molecule has 2 unspecified atom stereocenters. The molecule has 2 N–H and O–H groups in total. The van der Waals surface area contributed by atoms with Crippen LogP contribution in [0.2, 0.25) is 0 Å². The first-order valence-corrected chi connectivity index (χ1v) is 10.5. The van der Waals surface area contributed by atoms with Crippen LogP contribution in [0.1, 0.15) is 22.7 Å². The van der Waals surface area contributed by atoms with Gasteiger partial charge in [-0.3, -0.25) is 14.3 Å². The minimum atomic E-state index is -0.829. The number of likely N-dealkylation sites (N-methyl/N-ethyl adjacent to an activating group) is 1. The van der Waals surface area contributed by atoms with Crippen LogP contribution in [0.25, 0.3) is 5.69 Å². The summed E-state index contributed by atoms with van der Waals surface area (Å²) in [5, 5.41) is 13.7. The molecule has 10 heteroatoms. The molecule has 5 rings (SSSR count). The lowest BCUT2D eigenvalue weighted by Crippen LogP contribution is -3.10. The second-order valence-electron chi connectivity index (χ2n) is 7.98. The summed E-state index contributed by atoms with van der Waals surface area (Å²) in [4.78, 5) is 29.1. The van der Waals surface area contributed by atoms with Gasteiger partial charge < -0.3 is 29.0 Å². The van der Waals surface area contributed by atoms with Crippen LogP contribution in [0.15, 0.2) is 39.9 Å². The van der Waals surface area contributed by atoms with Gasteiger partial charge in [0, 0.05) is 6.42 Å². The maximum atomic E-state index is 13.7. The predicted octanol–water partition coefficient (Wildman–Crippen LogP) is -0.494. The van der Waals surface area contributed by atoms with E-state index in [1.807, 2.05) is 13.1 Å². The number of benzene rings is 2. The molecule has 3 aromatic rings. The molecule has 0 spiro atoms. The molecule has 1 aromatic heterocycles. The van der Waals surface area contributed by atoms with Crippen molar-refractivity contribution in [2.24, 2.45) is 0 Å². The zero-order valence-corrected chi connectivity index (χ0v) is 18.4. The zero-order chi connectivity index (χ0) is 23.3. The van der Waals surface area contributed by atoms with Crippen molar-refractivity contribution in [2.45, 2.75) is 12.5 Å². The molecule has 2 atom stereocenters. The summed E-state index contributed by atoms with van der Waals surface area (Å²) in [6, 6.07) is 7.83. The molecule has 172 valence electrons. The summed E-state index contributed by atoms with van der Waals surface area (Å²) < 4.78 is 23.1. The number of aromatic nitrogens is 2. The number of rotatable bonds is 4.